The number of carbonyl (C=O) groups is 1. The van der Waals surface area contributed by atoms with E-state index >= 15 is 0 Å². The minimum Gasteiger partial charge on any atom is -0.476 e. The van der Waals surface area contributed by atoms with Gasteiger partial charge < -0.3 is 15.5 Å². The van der Waals surface area contributed by atoms with Gasteiger partial charge in [-0.05, 0) is 6.42 Å². The number of aromatic carboxylic acids is 1. The van der Waals surface area contributed by atoms with E-state index in [0.29, 0.717) is 12.2 Å². The minimum atomic E-state index is -1.12. The Morgan fingerprint density at radius 2 is 2.31 bits per heavy atom. The van der Waals surface area contributed by atoms with Crippen LogP contribution in [-0.2, 0) is 0 Å². The molecular formula is C10H13N3O3. The number of aromatic nitrogens is 2. The second-order valence-electron chi connectivity index (χ2n) is 3.14. The Hall–Kier alpha value is -1.95. The van der Waals surface area contributed by atoms with Crippen LogP contribution in [0.2, 0.25) is 0 Å². The average Bonchev–Trinajstić information content (AvgIpc) is 2.29. The molecule has 1 aromatic rings. The predicted molar refractivity (Wildman–Crippen MR) is 58.3 cm³/mol. The van der Waals surface area contributed by atoms with Crippen molar-refractivity contribution >= 4 is 11.8 Å². The standard InChI is InChI=1S/C10H13N3O3/c1-2-3-7(6-14)13-9-5-11-8(4-12-9)10(15)16/h2,4-5,7,14H,1,3,6H2,(H,12,13)(H,15,16). The number of carboxylic acids is 1. The van der Waals surface area contributed by atoms with E-state index in [4.69, 9.17) is 10.2 Å². The zero-order valence-electron chi connectivity index (χ0n) is 8.63. The number of rotatable bonds is 6. The molecule has 0 spiro atoms. The normalized spacial score (nSPS) is 11.8. The third-order valence-electron chi connectivity index (χ3n) is 1.89. The van der Waals surface area contributed by atoms with Crippen molar-refractivity contribution in [1.29, 1.82) is 0 Å². The molecule has 1 aromatic heterocycles. The lowest BCUT2D eigenvalue weighted by atomic mass is 10.2. The molecule has 0 aliphatic carbocycles. The van der Waals surface area contributed by atoms with E-state index in [2.05, 4.69) is 21.9 Å². The molecule has 0 radical (unpaired) electrons. The zero-order chi connectivity index (χ0) is 12.0. The highest BCUT2D eigenvalue weighted by molar-refractivity contribution is 5.84. The van der Waals surface area contributed by atoms with Gasteiger partial charge in [0.2, 0.25) is 0 Å². The number of anilines is 1. The summed E-state index contributed by atoms with van der Waals surface area (Å²) in [6, 6.07) is -0.192. The number of nitrogens with one attached hydrogen (secondary N) is 1. The van der Waals surface area contributed by atoms with Crippen LogP contribution >= 0.6 is 0 Å². The number of aliphatic hydroxyl groups is 1. The van der Waals surface area contributed by atoms with Crippen LogP contribution < -0.4 is 5.32 Å². The van der Waals surface area contributed by atoms with Crippen LogP contribution in [0.25, 0.3) is 0 Å². The molecule has 1 heterocycles. The maximum atomic E-state index is 10.5. The molecule has 0 aliphatic rings. The minimum absolute atomic E-state index is 0.0611. The molecule has 0 aliphatic heterocycles. The number of aliphatic hydroxyl groups excluding tert-OH is 1. The number of nitrogens with zero attached hydrogens (tertiary/aromatic N) is 2. The van der Waals surface area contributed by atoms with E-state index in [1.165, 1.54) is 6.20 Å². The second-order valence-corrected chi connectivity index (χ2v) is 3.14. The molecule has 0 bridgehead atoms. The van der Waals surface area contributed by atoms with Gasteiger partial charge in [0.25, 0.3) is 0 Å². The van der Waals surface area contributed by atoms with E-state index < -0.39 is 5.97 Å². The fourth-order valence-electron chi connectivity index (χ4n) is 1.10. The van der Waals surface area contributed by atoms with Crippen molar-refractivity contribution in [2.75, 3.05) is 11.9 Å². The van der Waals surface area contributed by atoms with Gasteiger partial charge in [0.1, 0.15) is 5.82 Å². The van der Waals surface area contributed by atoms with Gasteiger partial charge in [0, 0.05) is 0 Å². The lowest BCUT2D eigenvalue weighted by molar-refractivity contribution is 0.0690. The van der Waals surface area contributed by atoms with Crippen molar-refractivity contribution < 1.29 is 15.0 Å². The third-order valence-corrected chi connectivity index (χ3v) is 1.89. The average molecular weight is 223 g/mol. The molecule has 6 heteroatoms. The van der Waals surface area contributed by atoms with Crippen molar-refractivity contribution in [2.24, 2.45) is 0 Å². The molecule has 6 nitrogen and oxygen atoms in total. The second kappa shape index (κ2) is 5.82. The molecule has 3 N–H and O–H groups in total. The van der Waals surface area contributed by atoms with E-state index in [-0.39, 0.29) is 18.3 Å². The van der Waals surface area contributed by atoms with Crippen LogP contribution in [0.3, 0.4) is 0 Å². The lowest BCUT2D eigenvalue weighted by Gasteiger charge is -2.14. The summed E-state index contributed by atoms with van der Waals surface area (Å²) in [5.74, 6) is -0.699. The molecule has 0 saturated carbocycles. The fraction of sp³-hybridized carbons (Fsp3) is 0.300. The van der Waals surface area contributed by atoms with Crippen molar-refractivity contribution in [3.63, 3.8) is 0 Å². The van der Waals surface area contributed by atoms with Crippen LogP contribution in [0.5, 0.6) is 0 Å². The molecule has 1 atom stereocenters. The molecule has 1 unspecified atom stereocenters. The highest BCUT2D eigenvalue weighted by atomic mass is 16.4. The molecular weight excluding hydrogens is 210 g/mol. The molecule has 0 saturated heterocycles. The highest BCUT2D eigenvalue weighted by Crippen LogP contribution is 2.05. The first-order chi connectivity index (χ1) is 7.67. The Morgan fingerprint density at radius 1 is 1.56 bits per heavy atom. The zero-order valence-corrected chi connectivity index (χ0v) is 8.63. The predicted octanol–water partition coefficient (Wildman–Crippen LogP) is 0.524. The van der Waals surface area contributed by atoms with Crippen LogP contribution in [0.4, 0.5) is 5.82 Å². The molecule has 0 amide bonds. The van der Waals surface area contributed by atoms with Gasteiger partial charge in [-0.15, -0.1) is 6.58 Å². The Balaban J connectivity index is 2.66. The van der Waals surface area contributed by atoms with Gasteiger partial charge in [0.15, 0.2) is 5.69 Å². The summed E-state index contributed by atoms with van der Waals surface area (Å²) >= 11 is 0. The molecule has 86 valence electrons. The number of hydrogen-bond donors (Lipinski definition) is 3. The monoisotopic (exact) mass is 223 g/mol. The summed E-state index contributed by atoms with van der Waals surface area (Å²) < 4.78 is 0. The number of carboxylic acid groups (broad SMARTS) is 1. The first kappa shape index (κ1) is 12.1. The highest BCUT2D eigenvalue weighted by Gasteiger charge is 2.08. The summed E-state index contributed by atoms with van der Waals surface area (Å²) in [5.41, 5.74) is -0.116. The van der Waals surface area contributed by atoms with Crippen molar-refractivity contribution in [3.05, 3.63) is 30.7 Å². The van der Waals surface area contributed by atoms with Crippen LogP contribution in [0.1, 0.15) is 16.9 Å². The van der Waals surface area contributed by atoms with Crippen LogP contribution in [0.15, 0.2) is 25.0 Å². The Labute approximate surface area is 92.7 Å². The first-order valence-electron chi connectivity index (χ1n) is 4.71. The Kier molecular flexibility index (Phi) is 4.41. The van der Waals surface area contributed by atoms with Gasteiger partial charge in [-0.25, -0.2) is 14.8 Å². The SMILES string of the molecule is C=CCC(CO)Nc1cnc(C(=O)O)cn1. The topological polar surface area (TPSA) is 95.3 Å². The van der Waals surface area contributed by atoms with Crippen molar-refractivity contribution in [1.82, 2.24) is 9.97 Å². The Bertz CT molecular complexity index is 364. The summed E-state index contributed by atoms with van der Waals surface area (Å²) in [4.78, 5) is 18.1. The van der Waals surface area contributed by atoms with Crippen LogP contribution in [0, 0.1) is 0 Å². The summed E-state index contributed by atoms with van der Waals surface area (Å²) in [5, 5.41) is 20.5. The fourth-order valence-corrected chi connectivity index (χ4v) is 1.10. The van der Waals surface area contributed by atoms with E-state index in [1.807, 2.05) is 0 Å². The van der Waals surface area contributed by atoms with E-state index in [9.17, 15) is 4.79 Å². The van der Waals surface area contributed by atoms with Crippen molar-refractivity contribution in [3.8, 4) is 0 Å². The molecule has 16 heavy (non-hydrogen) atoms. The Morgan fingerprint density at radius 3 is 2.75 bits per heavy atom. The maximum Gasteiger partial charge on any atom is 0.356 e. The van der Waals surface area contributed by atoms with Crippen LogP contribution in [-0.4, -0.2) is 38.8 Å². The molecule has 0 fully saturated rings. The first-order valence-corrected chi connectivity index (χ1v) is 4.71. The van der Waals surface area contributed by atoms with Gasteiger partial charge in [-0.3, -0.25) is 0 Å². The summed E-state index contributed by atoms with van der Waals surface area (Å²) in [7, 11) is 0. The molecule has 0 aromatic carbocycles. The quantitative estimate of drug-likeness (QED) is 0.609. The largest absolute Gasteiger partial charge is 0.476 e. The summed E-state index contributed by atoms with van der Waals surface area (Å²) in [6.45, 7) is 3.50. The number of hydrogen-bond acceptors (Lipinski definition) is 5. The van der Waals surface area contributed by atoms with Crippen molar-refractivity contribution in [2.45, 2.75) is 12.5 Å². The van der Waals surface area contributed by atoms with Gasteiger partial charge >= 0.3 is 5.97 Å². The van der Waals surface area contributed by atoms with Gasteiger partial charge in [-0.1, -0.05) is 6.08 Å². The maximum absolute atomic E-state index is 10.5. The summed E-state index contributed by atoms with van der Waals surface area (Å²) in [6.07, 6.45) is 4.73. The van der Waals surface area contributed by atoms with Gasteiger partial charge in [0.05, 0.1) is 25.0 Å². The lowest BCUT2D eigenvalue weighted by Crippen LogP contribution is -2.23. The van der Waals surface area contributed by atoms with E-state index in [1.54, 1.807) is 6.08 Å². The van der Waals surface area contributed by atoms with Gasteiger partial charge in [-0.2, -0.15) is 0 Å². The smallest absolute Gasteiger partial charge is 0.356 e. The third kappa shape index (κ3) is 3.32. The van der Waals surface area contributed by atoms with E-state index in [0.717, 1.165) is 6.20 Å². The molecule has 1 rings (SSSR count).